The number of fused-ring (bicyclic) bond motifs is 1. The van der Waals surface area contributed by atoms with Crippen molar-refractivity contribution in [3.63, 3.8) is 0 Å². The summed E-state index contributed by atoms with van der Waals surface area (Å²) in [5, 5.41) is 9.82. The summed E-state index contributed by atoms with van der Waals surface area (Å²) < 4.78 is 56.3. The standard InChI is InChI=1S/C25H26F4N4O/c1-3-16-6-8-18(9-7-16)21-12-22(25(27,28)29)33-24(32-21)19(14-31-33)11-23(34)30-13-17-5-4-15(2)20(26)10-17/h4-10,14,21-22,32H,3,11-13H2,1-2H3,(H,30,34)/t21-,22+/m1/s1. The molecule has 0 bridgehead atoms. The Balaban J connectivity index is 1.52. The Kier molecular flexibility index (Phi) is 6.63. The van der Waals surface area contributed by atoms with Crippen LogP contribution in [0.5, 0.6) is 0 Å². The molecule has 2 aromatic carbocycles. The van der Waals surface area contributed by atoms with Gasteiger partial charge in [0.2, 0.25) is 5.91 Å². The molecule has 1 aromatic heterocycles. The van der Waals surface area contributed by atoms with Crippen LogP contribution in [0.25, 0.3) is 0 Å². The van der Waals surface area contributed by atoms with E-state index in [1.165, 1.54) is 12.3 Å². The van der Waals surface area contributed by atoms with E-state index in [1.807, 2.05) is 31.2 Å². The second kappa shape index (κ2) is 9.48. The minimum Gasteiger partial charge on any atom is -0.363 e. The van der Waals surface area contributed by atoms with Crippen LogP contribution in [0.3, 0.4) is 0 Å². The van der Waals surface area contributed by atoms with E-state index in [4.69, 9.17) is 0 Å². The fourth-order valence-electron chi connectivity index (χ4n) is 4.13. The number of aryl methyl sites for hydroxylation is 2. The second-order valence-corrected chi connectivity index (χ2v) is 8.59. The molecular weight excluding hydrogens is 448 g/mol. The normalized spacial score (nSPS) is 17.7. The predicted octanol–water partition coefficient (Wildman–Crippen LogP) is 5.41. The molecule has 1 amide bonds. The summed E-state index contributed by atoms with van der Waals surface area (Å²) in [6.45, 7) is 3.77. The van der Waals surface area contributed by atoms with E-state index >= 15 is 0 Å². The van der Waals surface area contributed by atoms with Gasteiger partial charge in [-0.3, -0.25) is 4.79 Å². The van der Waals surface area contributed by atoms with Gasteiger partial charge in [-0.15, -0.1) is 0 Å². The zero-order chi connectivity index (χ0) is 24.5. The van der Waals surface area contributed by atoms with E-state index in [9.17, 15) is 22.4 Å². The van der Waals surface area contributed by atoms with Gasteiger partial charge in [0.25, 0.3) is 0 Å². The van der Waals surface area contributed by atoms with Gasteiger partial charge in [0.05, 0.1) is 18.7 Å². The predicted molar refractivity (Wildman–Crippen MR) is 121 cm³/mol. The highest BCUT2D eigenvalue weighted by Gasteiger charge is 2.46. The zero-order valence-corrected chi connectivity index (χ0v) is 18.9. The molecular formula is C25H26F4N4O. The SMILES string of the molecule is CCc1ccc([C@H]2C[C@@H](C(F)(F)F)n3ncc(CC(=O)NCc4ccc(C)c(F)c4)c3N2)cc1. The van der Waals surface area contributed by atoms with Gasteiger partial charge in [-0.05, 0) is 41.7 Å². The Morgan fingerprint density at radius 1 is 1.18 bits per heavy atom. The smallest absolute Gasteiger partial charge is 0.363 e. The molecule has 0 radical (unpaired) electrons. The Labute approximate surface area is 195 Å². The van der Waals surface area contributed by atoms with Crippen molar-refractivity contribution in [1.82, 2.24) is 15.1 Å². The quantitative estimate of drug-likeness (QED) is 0.470. The van der Waals surface area contributed by atoms with E-state index in [-0.39, 0.29) is 31.0 Å². The number of carbonyl (C=O) groups excluding carboxylic acids is 1. The van der Waals surface area contributed by atoms with E-state index in [0.29, 0.717) is 16.7 Å². The molecule has 2 N–H and O–H groups in total. The molecule has 1 aliphatic rings. The van der Waals surface area contributed by atoms with Crippen LogP contribution >= 0.6 is 0 Å². The largest absolute Gasteiger partial charge is 0.410 e. The summed E-state index contributed by atoms with van der Waals surface area (Å²) in [4.78, 5) is 12.5. The van der Waals surface area contributed by atoms with Crippen LogP contribution in [-0.2, 0) is 24.2 Å². The number of halogens is 4. The highest BCUT2D eigenvalue weighted by molar-refractivity contribution is 5.80. The minimum atomic E-state index is -4.49. The number of rotatable bonds is 6. The summed E-state index contributed by atoms with van der Waals surface area (Å²) in [7, 11) is 0. The Morgan fingerprint density at radius 2 is 1.88 bits per heavy atom. The Morgan fingerprint density at radius 3 is 2.53 bits per heavy atom. The number of hydrogen-bond donors (Lipinski definition) is 2. The van der Waals surface area contributed by atoms with Crippen LogP contribution in [-0.4, -0.2) is 21.9 Å². The molecule has 1 aliphatic heterocycles. The van der Waals surface area contributed by atoms with Gasteiger partial charge in [0, 0.05) is 18.5 Å². The number of amides is 1. The topological polar surface area (TPSA) is 59.0 Å². The number of aromatic nitrogens is 2. The number of nitrogens with zero attached hydrogens (tertiary/aromatic N) is 2. The summed E-state index contributed by atoms with van der Waals surface area (Å²) in [5.74, 6) is -0.566. The summed E-state index contributed by atoms with van der Waals surface area (Å²) >= 11 is 0. The Bertz CT molecular complexity index is 1170. The summed E-state index contributed by atoms with van der Waals surface area (Å²) in [6.07, 6.45) is -2.70. The number of benzene rings is 2. The molecule has 3 aromatic rings. The molecule has 0 spiro atoms. The van der Waals surface area contributed by atoms with Crippen molar-refractivity contribution < 1.29 is 22.4 Å². The molecule has 0 fully saturated rings. The van der Waals surface area contributed by atoms with Crippen LogP contribution in [0.15, 0.2) is 48.7 Å². The lowest BCUT2D eigenvalue weighted by atomic mass is 9.95. The second-order valence-electron chi connectivity index (χ2n) is 8.59. The van der Waals surface area contributed by atoms with Crippen molar-refractivity contribution in [2.75, 3.05) is 5.32 Å². The summed E-state index contributed by atoms with van der Waals surface area (Å²) in [5.41, 5.74) is 3.32. The maximum atomic E-state index is 13.9. The van der Waals surface area contributed by atoms with Gasteiger partial charge in [-0.2, -0.15) is 18.3 Å². The maximum Gasteiger partial charge on any atom is 0.410 e. The van der Waals surface area contributed by atoms with E-state index in [2.05, 4.69) is 15.7 Å². The molecule has 2 atom stereocenters. The number of hydrogen-bond acceptors (Lipinski definition) is 3. The van der Waals surface area contributed by atoms with Gasteiger partial charge < -0.3 is 10.6 Å². The first-order chi connectivity index (χ1) is 16.2. The van der Waals surface area contributed by atoms with Crippen molar-refractivity contribution >= 4 is 11.7 Å². The average Bonchev–Trinajstić information content (AvgIpc) is 3.21. The monoisotopic (exact) mass is 474 g/mol. The molecule has 0 saturated heterocycles. The minimum absolute atomic E-state index is 0.116. The average molecular weight is 475 g/mol. The fourth-order valence-corrected chi connectivity index (χ4v) is 4.13. The summed E-state index contributed by atoms with van der Waals surface area (Å²) in [6, 6.07) is 9.81. The van der Waals surface area contributed by atoms with Crippen LogP contribution in [0.4, 0.5) is 23.4 Å². The number of anilines is 1. The van der Waals surface area contributed by atoms with E-state index in [1.54, 1.807) is 19.1 Å². The van der Waals surface area contributed by atoms with Crippen LogP contribution in [0, 0.1) is 12.7 Å². The van der Waals surface area contributed by atoms with Gasteiger partial charge in [-0.1, -0.05) is 43.3 Å². The number of carbonyl (C=O) groups is 1. The number of nitrogens with one attached hydrogen (secondary N) is 2. The van der Waals surface area contributed by atoms with Gasteiger partial charge in [0.1, 0.15) is 11.6 Å². The first kappa shape index (κ1) is 23.8. The first-order valence-electron chi connectivity index (χ1n) is 11.2. The van der Waals surface area contributed by atoms with Crippen LogP contribution in [0.1, 0.15) is 53.2 Å². The lowest BCUT2D eigenvalue weighted by molar-refractivity contribution is -0.173. The highest BCUT2D eigenvalue weighted by Crippen LogP contribution is 2.44. The molecule has 0 saturated carbocycles. The molecule has 0 aliphatic carbocycles. The molecule has 4 rings (SSSR count). The van der Waals surface area contributed by atoms with Gasteiger partial charge in [0.15, 0.2) is 6.04 Å². The Hall–Kier alpha value is -3.36. The van der Waals surface area contributed by atoms with E-state index in [0.717, 1.165) is 22.2 Å². The van der Waals surface area contributed by atoms with Crippen molar-refractivity contribution in [2.24, 2.45) is 0 Å². The lowest BCUT2D eigenvalue weighted by Gasteiger charge is -2.34. The molecule has 34 heavy (non-hydrogen) atoms. The highest BCUT2D eigenvalue weighted by atomic mass is 19.4. The van der Waals surface area contributed by atoms with Crippen molar-refractivity contribution in [2.45, 2.75) is 57.9 Å². The van der Waals surface area contributed by atoms with E-state index < -0.39 is 24.2 Å². The first-order valence-corrected chi connectivity index (χ1v) is 11.2. The molecule has 0 unspecified atom stereocenters. The van der Waals surface area contributed by atoms with Crippen molar-refractivity contribution in [1.29, 1.82) is 0 Å². The van der Waals surface area contributed by atoms with Crippen molar-refractivity contribution in [3.8, 4) is 0 Å². The maximum absolute atomic E-state index is 13.9. The molecule has 5 nitrogen and oxygen atoms in total. The molecule has 180 valence electrons. The lowest BCUT2D eigenvalue weighted by Crippen LogP contribution is -2.36. The van der Waals surface area contributed by atoms with Crippen molar-refractivity contribution in [3.05, 3.63) is 82.3 Å². The van der Waals surface area contributed by atoms with Gasteiger partial charge in [-0.25, -0.2) is 9.07 Å². The third-order valence-electron chi connectivity index (χ3n) is 6.18. The van der Waals surface area contributed by atoms with Gasteiger partial charge >= 0.3 is 6.18 Å². The third-order valence-corrected chi connectivity index (χ3v) is 6.18. The van der Waals surface area contributed by atoms with Crippen LogP contribution < -0.4 is 10.6 Å². The zero-order valence-electron chi connectivity index (χ0n) is 18.9. The fraction of sp³-hybridized carbons (Fsp3) is 0.360. The number of alkyl halides is 3. The molecule has 2 heterocycles. The van der Waals surface area contributed by atoms with Crippen LogP contribution in [0.2, 0.25) is 0 Å². The third kappa shape index (κ3) is 5.08. The molecule has 9 heteroatoms.